The number of amides is 5. The van der Waals surface area contributed by atoms with Crippen molar-refractivity contribution in [2.24, 2.45) is 0 Å². The Kier molecular flexibility index (Phi) is 4.18. The molecule has 0 saturated carbocycles. The first-order valence-corrected chi connectivity index (χ1v) is 2.48. The van der Waals surface area contributed by atoms with Crippen molar-refractivity contribution in [3.05, 3.63) is 5.73 Å². The van der Waals surface area contributed by atoms with Crippen LogP contribution < -0.4 is 56.7 Å². The summed E-state index contributed by atoms with van der Waals surface area (Å²) >= 11 is 0. The van der Waals surface area contributed by atoms with Crippen molar-refractivity contribution in [1.82, 2.24) is 10.2 Å². The van der Waals surface area contributed by atoms with Crippen molar-refractivity contribution >= 4 is 18.0 Å². The number of urea groups is 2. The van der Waals surface area contributed by atoms with E-state index in [1.54, 1.807) is 0 Å². The zero-order valence-electron chi connectivity index (χ0n) is 5.88. The third-order valence-corrected chi connectivity index (χ3v) is 1.04. The van der Waals surface area contributed by atoms with Crippen molar-refractivity contribution in [3.63, 3.8) is 0 Å². The van der Waals surface area contributed by atoms with E-state index < -0.39 is 18.0 Å². The smallest absolute Gasteiger partial charge is 0.447 e. The van der Waals surface area contributed by atoms with Crippen LogP contribution in [0.4, 0.5) is 9.59 Å². The molecule has 0 radical (unpaired) electrons. The van der Waals surface area contributed by atoms with Crippen molar-refractivity contribution in [3.8, 4) is 0 Å². The molecule has 0 aromatic rings. The molecule has 0 aromatic heterocycles. The van der Waals surface area contributed by atoms with Gasteiger partial charge in [0.1, 0.15) is 0 Å². The maximum Gasteiger partial charge on any atom is 1.00 e. The molecule has 5 amide bonds. The molecule has 0 bridgehead atoms. The van der Waals surface area contributed by atoms with Crippen molar-refractivity contribution in [2.45, 2.75) is 0 Å². The first-order valence-electron chi connectivity index (χ1n) is 2.48. The zero-order chi connectivity index (χ0) is 7.72. The largest absolute Gasteiger partial charge is 1.00 e. The minimum atomic E-state index is -1.16. The minimum Gasteiger partial charge on any atom is -0.447 e. The molecule has 1 heterocycles. The Hall–Kier alpha value is 0.0464. The molecule has 7 heteroatoms. The van der Waals surface area contributed by atoms with Crippen LogP contribution in [-0.2, 0) is 4.79 Å². The van der Waals surface area contributed by atoms with Gasteiger partial charge >= 0.3 is 51.4 Å². The molecular formula is C4H4KN3O3. The predicted octanol–water partition coefficient (Wildman–Crippen LogP) is -3.29. The Morgan fingerprint density at radius 2 is 2.09 bits per heavy atom. The minimum absolute atomic E-state index is 0. The topological polar surface area (TPSA) is 90.3 Å². The number of imide groups is 2. The van der Waals surface area contributed by atoms with Crippen LogP contribution in [0.25, 0.3) is 5.73 Å². The second-order valence-electron chi connectivity index (χ2n) is 1.74. The monoisotopic (exact) mass is 181 g/mol. The van der Waals surface area contributed by atoms with Gasteiger partial charge in [-0.05, 0) is 0 Å². The first-order chi connectivity index (χ1) is 4.61. The van der Waals surface area contributed by atoms with Gasteiger partial charge in [0.05, 0.1) is 0 Å². The van der Waals surface area contributed by atoms with Crippen molar-refractivity contribution in [2.75, 3.05) is 6.54 Å². The van der Waals surface area contributed by atoms with Gasteiger partial charge in [0, 0.05) is 6.54 Å². The summed E-state index contributed by atoms with van der Waals surface area (Å²) in [5, 5.41) is 1.86. The Morgan fingerprint density at radius 3 is 2.27 bits per heavy atom. The maximum atomic E-state index is 10.5. The Balaban J connectivity index is 0.000001000. The predicted molar refractivity (Wildman–Crippen MR) is 30.0 cm³/mol. The second-order valence-corrected chi connectivity index (χ2v) is 1.74. The first kappa shape index (κ1) is 11.0. The summed E-state index contributed by atoms with van der Waals surface area (Å²) in [6.07, 6.45) is 0. The van der Waals surface area contributed by atoms with E-state index in [2.05, 4.69) is 0 Å². The summed E-state index contributed by atoms with van der Waals surface area (Å²) in [5.41, 5.74) is 6.47. The summed E-state index contributed by atoms with van der Waals surface area (Å²) in [6, 6.07) is -1.98. The number of carbonyl (C=O) groups is 3. The van der Waals surface area contributed by atoms with Gasteiger partial charge in [-0.25, -0.2) is 0 Å². The fourth-order valence-electron chi connectivity index (χ4n) is 0.606. The SMILES string of the molecule is [K+].[NH-]C(=O)N1CC(=O)NC1=O. The molecule has 0 atom stereocenters. The molecule has 2 N–H and O–H groups in total. The van der Waals surface area contributed by atoms with Gasteiger partial charge in [0.15, 0.2) is 6.03 Å². The molecule has 0 aromatic carbocycles. The van der Waals surface area contributed by atoms with Crippen LogP contribution in [0, 0.1) is 0 Å². The van der Waals surface area contributed by atoms with Gasteiger partial charge in [0.25, 0.3) is 0 Å². The third-order valence-electron chi connectivity index (χ3n) is 1.04. The zero-order valence-corrected chi connectivity index (χ0v) is 9.00. The molecule has 1 fully saturated rings. The van der Waals surface area contributed by atoms with E-state index in [1.807, 2.05) is 5.32 Å². The molecule has 1 aliphatic heterocycles. The van der Waals surface area contributed by atoms with Gasteiger partial charge in [-0.15, -0.1) is 0 Å². The molecule has 6 nitrogen and oxygen atoms in total. The number of hydrogen-bond donors (Lipinski definition) is 1. The Morgan fingerprint density at radius 1 is 1.55 bits per heavy atom. The van der Waals surface area contributed by atoms with Crippen LogP contribution in [0.2, 0.25) is 0 Å². The molecule has 1 rings (SSSR count). The maximum absolute atomic E-state index is 10.5. The van der Waals surface area contributed by atoms with Crippen LogP contribution in [0.15, 0.2) is 0 Å². The quantitative estimate of drug-likeness (QED) is 0.314. The van der Waals surface area contributed by atoms with E-state index in [4.69, 9.17) is 5.73 Å². The molecular weight excluding hydrogens is 177 g/mol. The normalized spacial score (nSPS) is 15.8. The summed E-state index contributed by atoms with van der Waals surface area (Å²) in [5.74, 6) is -0.550. The third kappa shape index (κ3) is 2.53. The fourth-order valence-corrected chi connectivity index (χ4v) is 0.606. The summed E-state index contributed by atoms with van der Waals surface area (Å²) in [6.45, 7) is -0.332. The molecule has 54 valence electrons. The standard InChI is InChI=1S/C4H5N3O3.K/c5-3(9)7-1-2(8)6-4(7)10;/h1H2,(H3,5,6,8,9,10);/q;+1/p-1. The van der Waals surface area contributed by atoms with E-state index in [9.17, 15) is 14.4 Å². The van der Waals surface area contributed by atoms with Crippen LogP contribution in [0.3, 0.4) is 0 Å². The average Bonchev–Trinajstić information content (AvgIpc) is 2.10. The summed E-state index contributed by atoms with van der Waals surface area (Å²) in [7, 11) is 0. The van der Waals surface area contributed by atoms with Crippen molar-refractivity contribution in [1.29, 1.82) is 0 Å². The molecule has 0 unspecified atom stereocenters. The Labute approximate surface area is 105 Å². The number of carbonyl (C=O) groups excluding carboxylic acids is 3. The van der Waals surface area contributed by atoms with Gasteiger partial charge in [-0.1, -0.05) is 0 Å². The molecule has 0 spiro atoms. The van der Waals surface area contributed by atoms with Gasteiger partial charge in [-0.3, -0.25) is 19.7 Å². The van der Waals surface area contributed by atoms with E-state index >= 15 is 0 Å². The second kappa shape index (κ2) is 4.17. The fraction of sp³-hybridized carbons (Fsp3) is 0.250. The van der Waals surface area contributed by atoms with Gasteiger partial charge < -0.3 is 10.6 Å². The number of hydrogen-bond acceptors (Lipinski definition) is 3. The van der Waals surface area contributed by atoms with Crippen LogP contribution in [0.5, 0.6) is 0 Å². The molecule has 1 saturated heterocycles. The van der Waals surface area contributed by atoms with Crippen molar-refractivity contribution < 1.29 is 65.8 Å². The van der Waals surface area contributed by atoms with E-state index in [-0.39, 0.29) is 57.9 Å². The van der Waals surface area contributed by atoms with Gasteiger partial charge in [0.2, 0.25) is 11.9 Å². The van der Waals surface area contributed by atoms with E-state index in [0.717, 1.165) is 0 Å². The molecule has 1 aliphatic rings. The Bertz CT molecular complexity index is 217. The van der Waals surface area contributed by atoms with E-state index in [0.29, 0.717) is 4.90 Å². The number of nitrogens with one attached hydrogen (secondary N) is 2. The number of nitrogens with zero attached hydrogens (tertiary/aromatic N) is 1. The average molecular weight is 181 g/mol. The molecule has 0 aliphatic carbocycles. The molecule has 11 heavy (non-hydrogen) atoms. The van der Waals surface area contributed by atoms with Gasteiger partial charge in [-0.2, -0.15) is 0 Å². The number of rotatable bonds is 0. The van der Waals surface area contributed by atoms with Crippen LogP contribution in [0.1, 0.15) is 0 Å². The van der Waals surface area contributed by atoms with Crippen LogP contribution in [-0.4, -0.2) is 29.4 Å². The summed E-state index contributed by atoms with van der Waals surface area (Å²) in [4.78, 5) is 31.5. The summed E-state index contributed by atoms with van der Waals surface area (Å²) < 4.78 is 0. The van der Waals surface area contributed by atoms with Crippen LogP contribution >= 0.6 is 0 Å². The van der Waals surface area contributed by atoms with E-state index in [1.165, 1.54) is 0 Å².